The Hall–Kier alpha value is -7.42. The molecule has 0 amide bonds. The third-order valence-corrected chi connectivity index (χ3v) is 12.4. The van der Waals surface area contributed by atoms with Crippen molar-refractivity contribution >= 4 is 38.9 Å². The lowest BCUT2D eigenvalue weighted by Crippen LogP contribution is -2.26. The molecule has 1 spiro atoms. The maximum Gasteiger partial charge on any atom is 0.0782 e. The van der Waals surface area contributed by atoms with E-state index in [0.29, 0.717) is 0 Å². The molecule has 0 radical (unpaired) electrons. The van der Waals surface area contributed by atoms with Gasteiger partial charge in [0.15, 0.2) is 0 Å². The fraction of sp³-hybridized carbons (Fsp3) is 0.0182. The predicted molar refractivity (Wildman–Crippen MR) is 237 cm³/mol. The second kappa shape index (κ2) is 12.3. The smallest absolute Gasteiger partial charge is 0.0782 e. The Morgan fingerprint density at radius 2 is 0.877 bits per heavy atom. The molecule has 0 aliphatic heterocycles. The SMILES string of the molecule is c1ccc(-c2cc(N(c3ccccc3)c3ccc4c(c3)C3(c5ccccc5-c5ccccc53)c3ccccc3-4)c3c(c2)c2ccccc2n3-c2ccccc2)cc1. The molecule has 0 bridgehead atoms. The van der Waals surface area contributed by atoms with Gasteiger partial charge in [0, 0.05) is 27.8 Å². The van der Waals surface area contributed by atoms with E-state index in [1.165, 1.54) is 77.4 Å². The van der Waals surface area contributed by atoms with Gasteiger partial charge in [0.05, 0.1) is 22.1 Å². The van der Waals surface area contributed by atoms with Crippen molar-refractivity contribution in [3.63, 3.8) is 0 Å². The van der Waals surface area contributed by atoms with Crippen LogP contribution >= 0.6 is 0 Å². The molecule has 2 aliphatic rings. The zero-order valence-corrected chi connectivity index (χ0v) is 31.2. The lowest BCUT2D eigenvalue weighted by atomic mass is 9.70. The summed E-state index contributed by atoms with van der Waals surface area (Å²) in [4.78, 5) is 2.50. The van der Waals surface area contributed by atoms with E-state index in [2.05, 4.69) is 228 Å². The molecule has 0 saturated carbocycles. The van der Waals surface area contributed by atoms with E-state index in [1.807, 2.05) is 0 Å². The first-order valence-corrected chi connectivity index (χ1v) is 19.8. The fourth-order valence-corrected chi connectivity index (χ4v) is 10.1. The highest BCUT2D eigenvalue weighted by Crippen LogP contribution is 2.63. The Morgan fingerprint density at radius 3 is 1.53 bits per heavy atom. The number of nitrogens with zero attached hydrogens (tertiary/aromatic N) is 2. The molecule has 9 aromatic carbocycles. The molecule has 266 valence electrons. The first-order chi connectivity index (χ1) is 28.3. The minimum atomic E-state index is -0.447. The topological polar surface area (TPSA) is 8.17 Å². The predicted octanol–water partition coefficient (Wildman–Crippen LogP) is 14.3. The van der Waals surface area contributed by atoms with Crippen LogP contribution in [0.1, 0.15) is 22.3 Å². The average molecular weight is 725 g/mol. The Bertz CT molecular complexity index is 3110. The number of rotatable bonds is 5. The zero-order valence-electron chi connectivity index (χ0n) is 31.2. The highest BCUT2D eigenvalue weighted by atomic mass is 15.2. The van der Waals surface area contributed by atoms with Crippen LogP contribution in [0, 0.1) is 0 Å². The van der Waals surface area contributed by atoms with E-state index in [-0.39, 0.29) is 0 Å². The van der Waals surface area contributed by atoms with Gasteiger partial charge in [0.1, 0.15) is 0 Å². The molecular formula is C55H36N2. The zero-order chi connectivity index (χ0) is 37.5. The summed E-state index contributed by atoms with van der Waals surface area (Å²) in [6.07, 6.45) is 0. The van der Waals surface area contributed by atoms with Crippen LogP contribution in [0.25, 0.3) is 60.9 Å². The van der Waals surface area contributed by atoms with Gasteiger partial charge < -0.3 is 9.47 Å². The molecule has 0 atom stereocenters. The summed E-state index contributed by atoms with van der Waals surface area (Å²) < 4.78 is 2.46. The van der Waals surface area contributed by atoms with Gasteiger partial charge in [-0.25, -0.2) is 0 Å². The molecular weight excluding hydrogens is 689 g/mol. The summed E-state index contributed by atoms with van der Waals surface area (Å²) in [6, 6.07) is 80.5. The lowest BCUT2D eigenvalue weighted by Gasteiger charge is -2.32. The summed E-state index contributed by atoms with van der Waals surface area (Å²) >= 11 is 0. The van der Waals surface area contributed by atoms with Crippen LogP contribution in [-0.4, -0.2) is 4.57 Å². The van der Waals surface area contributed by atoms with Gasteiger partial charge in [-0.3, -0.25) is 0 Å². The van der Waals surface area contributed by atoms with Crippen molar-refractivity contribution in [2.45, 2.75) is 5.41 Å². The van der Waals surface area contributed by atoms with Crippen LogP contribution < -0.4 is 4.90 Å². The maximum absolute atomic E-state index is 2.50. The van der Waals surface area contributed by atoms with Crippen molar-refractivity contribution in [2.24, 2.45) is 0 Å². The fourth-order valence-electron chi connectivity index (χ4n) is 10.1. The second-order valence-corrected chi connectivity index (χ2v) is 15.2. The van der Waals surface area contributed by atoms with E-state index in [0.717, 1.165) is 22.7 Å². The van der Waals surface area contributed by atoms with E-state index < -0.39 is 5.41 Å². The summed E-state index contributed by atoms with van der Waals surface area (Å²) in [5.74, 6) is 0. The number of aromatic nitrogens is 1. The molecule has 12 rings (SSSR count). The Balaban J connectivity index is 1.21. The van der Waals surface area contributed by atoms with Gasteiger partial charge in [-0.15, -0.1) is 0 Å². The van der Waals surface area contributed by atoms with E-state index in [1.54, 1.807) is 0 Å². The number of anilines is 3. The first-order valence-electron chi connectivity index (χ1n) is 19.8. The molecule has 57 heavy (non-hydrogen) atoms. The largest absolute Gasteiger partial charge is 0.308 e. The van der Waals surface area contributed by atoms with Crippen LogP contribution in [0.5, 0.6) is 0 Å². The number of fused-ring (bicyclic) bond motifs is 13. The molecule has 2 aliphatic carbocycles. The number of para-hydroxylation sites is 3. The van der Waals surface area contributed by atoms with Gasteiger partial charge in [-0.2, -0.15) is 0 Å². The third kappa shape index (κ3) is 4.47. The van der Waals surface area contributed by atoms with Crippen LogP contribution in [0.15, 0.2) is 218 Å². The molecule has 0 unspecified atom stereocenters. The summed E-state index contributed by atoms with van der Waals surface area (Å²) in [6.45, 7) is 0. The summed E-state index contributed by atoms with van der Waals surface area (Å²) in [7, 11) is 0. The van der Waals surface area contributed by atoms with Crippen LogP contribution in [0.3, 0.4) is 0 Å². The highest BCUT2D eigenvalue weighted by molar-refractivity contribution is 6.16. The second-order valence-electron chi connectivity index (χ2n) is 15.2. The van der Waals surface area contributed by atoms with Gasteiger partial charge in [-0.05, 0) is 110 Å². The van der Waals surface area contributed by atoms with E-state index in [4.69, 9.17) is 0 Å². The molecule has 1 aromatic heterocycles. The van der Waals surface area contributed by atoms with Gasteiger partial charge in [0.25, 0.3) is 0 Å². The quantitative estimate of drug-likeness (QED) is 0.172. The monoisotopic (exact) mass is 724 g/mol. The molecule has 0 N–H and O–H groups in total. The first kappa shape index (κ1) is 31.9. The van der Waals surface area contributed by atoms with Gasteiger partial charge in [0.2, 0.25) is 0 Å². The Labute approximate surface area is 332 Å². The van der Waals surface area contributed by atoms with Crippen molar-refractivity contribution in [3.8, 4) is 39.1 Å². The van der Waals surface area contributed by atoms with Gasteiger partial charge in [-0.1, -0.05) is 164 Å². The van der Waals surface area contributed by atoms with Crippen LogP contribution in [0.2, 0.25) is 0 Å². The number of hydrogen-bond donors (Lipinski definition) is 0. The Kier molecular flexibility index (Phi) is 6.88. The third-order valence-electron chi connectivity index (χ3n) is 12.4. The van der Waals surface area contributed by atoms with Crippen molar-refractivity contribution < 1.29 is 0 Å². The minimum Gasteiger partial charge on any atom is -0.308 e. The number of hydrogen-bond acceptors (Lipinski definition) is 1. The number of benzene rings is 9. The molecule has 1 heterocycles. The molecule has 10 aromatic rings. The van der Waals surface area contributed by atoms with Crippen molar-refractivity contribution in [1.29, 1.82) is 0 Å². The average Bonchev–Trinajstić information content (AvgIpc) is 3.89. The van der Waals surface area contributed by atoms with Crippen molar-refractivity contribution in [3.05, 3.63) is 241 Å². The molecule has 0 saturated heterocycles. The molecule has 2 heteroatoms. The maximum atomic E-state index is 2.50. The summed E-state index contributed by atoms with van der Waals surface area (Å²) in [5, 5.41) is 2.45. The molecule has 0 fully saturated rings. The Morgan fingerprint density at radius 1 is 0.351 bits per heavy atom. The molecule has 2 nitrogen and oxygen atoms in total. The minimum absolute atomic E-state index is 0.447. The van der Waals surface area contributed by atoms with Crippen LogP contribution in [-0.2, 0) is 5.41 Å². The van der Waals surface area contributed by atoms with Crippen molar-refractivity contribution in [1.82, 2.24) is 4.57 Å². The highest BCUT2D eigenvalue weighted by Gasteiger charge is 2.51. The standard InChI is InChI=1S/C55H36N2/c1-4-18-37(19-5-1)38-34-47-46-27-13-17-31-52(46)57(40-22-8-3-9-23-40)54(47)53(35-38)56(39-20-6-2-7-21-39)41-32-33-45-44-26-12-16-30-50(44)55(51(45)36-41)48-28-14-10-24-42(48)43-25-11-15-29-49(43)55/h1-36H. The van der Waals surface area contributed by atoms with Gasteiger partial charge >= 0.3 is 0 Å². The lowest BCUT2D eigenvalue weighted by molar-refractivity contribution is 0.793. The summed E-state index contributed by atoms with van der Waals surface area (Å²) in [5.41, 5.74) is 19.3. The van der Waals surface area contributed by atoms with E-state index in [9.17, 15) is 0 Å². The van der Waals surface area contributed by atoms with Crippen LogP contribution in [0.4, 0.5) is 17.1 Å². The van der Waals surface area contributed by atoms with E-state index >= 15 is 0 Å². The normalized spacial score (nSPS) is 13.1. The van der Waals surface area contributed by atoms with Crippen molar-refractivity contribution in [2.75, 3.05) is 4.90 Å².